The molecule has 1 saturated heterocycles. The quantitative estimate of drug-likeness (QED) is 0.501. The number of anilines is 2. The third-order valence-electron chi connectivity index (χ3n) is 5.82. The minimum Gasteiger partial charge on any atom is -0.481 e. The Kier molecular flexibility index (Phi) is 8.55. The van der Waals surface area contributed by atoms with Crippen LogP contribution < -0.4 is 4.90 Å². The number of piperidine rings is 1. The molecule has 0 amide bonds. The highest BCUT2D eigenvalue weighted by molar-refractivity contribution is 7.99. The Morgan fingerprint density at radius 3 is 2.58 bits per heavy atom. The number of alkyl halides is 3. The van der Waals surface area contributed by atoms with Crippen LogP contribution in [0.3, 0.4) is 0 Å². The Labute approximate surface area is 201 Å². The third kappa shape index (κ3) is 6.15. The lowest BCUT2D eigenvalue weighted by Gasteiger charge is -2.33. The number of para-hydroxylation sites is 1. The van der Waals surface area contributed by atoms with Gasteiger partial charge in [-0.3, -0.25) is 4.79 Å². The van der Waals surface area contributed by atoms with Crippen LogP contribution in [0.4, 0.5) is 24.5 Å². The molecule has 5 nitrogen and oxygen atoms in total. The van der Waals surface area contributed by atoms with Gasteiger partial charge in [0, 0.05) is 29.4 Å². The monoisotopic (exact) mass is 502 g/mol. The van der Waals surface area contributed by atoms with Crippen LogP contribution in [0.1, 0.15) is 18.4 Å². The second-order valence-electron chi connectivity index (χ2n) is 7.99. The molecule has 0 aliphatic carbocycles. The number of hydrogen-bond acceptors (Lipinski definition) is 5. The maximum Gasteiger partial charge on any atom is 0.416 e. The molecule has 2 aromatic carbocycles. The highest BCUT2D eigenvalue weighted by Crippen LogP contribution is 2.49. The molecule has 2 aliphatic rings. The maximum atomic E-state index is 13.3. The van der Waals surface area contributed by atoms with E-state index < -0.39 is 17.7 Å². The molecule has 0 radical (unpaired) electrons. The van der Waals surface area contributed by atoms with Crippen molar-refractivity contribution in [3.63, 3.8) is 0 Å². The first-order valence-corrected chi connectivity index (χ1v) is 11.4. The van der Waals surface area contributed by atoms with Gasteiger partial charge in [-0.1, -0.05) is 23.9 Å². The van der Waals surface area contributed by atoms with Crippen molar-refractivity contribution in [3.8, 4) is 0 Å². The fourth-order valence-electron chi connectivity index (χ4n) is 4.16. The average Bonchev–Trinajstić information content (AvgIpc) is 2.77. The minimum absolute atomic E-state index is 0. The summed E-state index contributed by atoms with van der Waals surface area (Å²) >= 11 is 1.47. The lowest BCUT2D eigenvalue weighted by Crippen LogP contribution is -2.40. The van der Waals surface area contributed by atoms with Crippen LogP contribution in [-0.4, -0.2) is 55.4 Å². The molecule has 0 saturated carbocycles. The van der Waals surface area contributed by atoms with Gasteiger partial charge in [0.1, 0.15) is 0 Å². The lowest BCUT2D eigenvalue weighted by atomic mass is 9.98. The summed E-state index contributed by atoms with van der Waals surface area (Å²) in [5.41, 5.74) is 0.737. The number of ether oxygens (including phenoxy) is 1. The SMILES string of the molecule is Cl.O=C(O)C1CCCN(CCOCCN2c3ccccc3Sc3ccc(C(F)(F)F)cc32)C1. The van der Waals surface area contributed by atoms with E-state index in [9.17, 15) is 23.1 Å². The van der Waals surface area contributed by atoms with Crippen molar-refractivity contribution >= 4 is 41.5 Å². The van der Waals surface area contributed by atoms with E-state index in [1.807, 2.05) is 29.2 Å². The van der Waals surface area contributed by atoms with Gasteiger partial charge < -0.3 is 19.6 Å². The Balaban J connectivity index is 0.00000306. The molecule has 0 bridgehead atoms. The molecule has 2 aliphatic heterocycles. The molecule has 1 fully saturated rings. The molecular formula is C23H26ClF3N2O3S. The van der Waals surface area contributed by atoms with Crippen molar-refractivity contribution in [2.45, 2.75) is 28.8 Å². The number of carbonyl (C=O) groups is 1. The highest BCUT2D eigenvalue weighted by Gasteiger charge is 2.33. The van der Waals surface area contributed by atoms with Crippen molar-refractivity contribution in [2.75, 3.05) is 44.3 Å². The van der Waals surface area contributed by atoms with Crippen LogP contribution in [0.15, 0.2) is 52.3 Å². The van der Waals surface area contributed by atoms with Gasteiger partial charge in [0.15, 0.2) is 0 Å². The zero-order valence-corrected chi connectivity index (χ0v) is 19.5. The first kappa shape index (κ1) is 25.7. The normalized spacial score (nSPS) is 18.3. The third-order valence-corrected chi connectivity index (χ3v) is 6.95. The van der Waals surface area contributed by atoms with Gasteiger partial charge in [0.25, 0.3) is 0 Å². The molecule has 0 spiro atoms. The number of carboxylic acids is 1. The summed E-state index contributed by atoms with van der Waals surface area (Å²) in [6.07, 6.45) is -2.84. The van der Waals surface area contributed by atoms with Gasteiger partial charge in [-0.25, -0.2) is 0 Å². The first-order chi connectivity index (χ1) is 15.3. The lowest BCUT2D eigenvalue weighted by molar-refractivity contribution is -0.143. The van der Waals surface area contributed by atoms with Gasteiger partial charge >= 0.3 is 12.1 Å². The van der Waals surface area contributed by atoms with Crippen LogP contribution in [0.25, 0.3) is 0 Å². The molecule has 1 atom stereocenters. The summed E-state index contributed by atoms with van der Waals surface area (Å²) in [5, 5.41) is 9.20. The Bertz CT molecular complexity index is 976. The molecule has 4 rings (SSSR count). The zero-order chi connectivity index (χ0) is 22.7. The van der Waals surface area contributed by atoms with Crippen LogP contribution >= 0.6 is 24.2 Å². The molecule has 180 valence electrons. The van der Waals surface area contributed by atoms with Crippen LogP contribution in [0.2, 0.25) is 0 Å². The first-order valence-electron chi connectivity index (χ1n) is 10.6. The van der Waals surface area contributed by atoms with Gasteiger partial charge in [-0.2, -0.15) is 13.2 Å². The molecule has 0 aromatic heterocycles. The predicted octanol–water partition coefficient (Wildman–Crippen LogP) is 5.54. The Morgan fingerprint density at radius 2 is 1.82 bits per heavy atom. The molecule has 1 N–H and O–H groups in total. The van der Waals surface area contributed by atoms with Crippen LogP contribution in [0.5, 0.6) is 0 Å². The van der Waals surface area contributed by atoms with Crippen LogP contribution in [0, 0.1) is 5.92 Å². The van der Waals surface area contributed by atoms with Gasteiger partial charge in [0.2, 0.25) is 0 Å². The minimum atomic E-state index is -4.40. The topological polar surface area (TPSA) is 53.0 Å². The Hall–Kier alpha value is -1.94. The zero-order valence-electron chi connectivity index (χ0n) is 17.9. The second-order valence-corrected chi connectivity index (χ2v) is 9.08. The number of halogens is 4. The number of carboxylic acid groups (broad SMARTS) is 1. The van der Waals surface area contributed by atoms with E-state index in [0.717, 1.165) is 34.5 Å². The number of likely N-dealkylation sites (tertiary alicyclic amines) is 1. The predicted molar refractivity (Wildman–Crippen MR) is 124 cm³/mol. The fourth-order valence-corrected chi connectivity index (χ4v) is 5.23. The second kappa shape index (κ2) is 11.0. The van der Waals surface area contributed by atoms with Crippen molar-refractivity contribution in [3.05, 3.63) is 48.0 Å². The largest absolute Gasteiger partial charge is 0.481 e. The molecular weight excluding hydrogens is 477 g/mol. The molecule has 33 heavy (non-hydrogen) atoms. The van der Waals surface area contributed by atoms with Crippen molar-refractivity contribution in [1.82, 2.24) is 4.90 Å². The van der Waals surface area contributed by atoms with E-state index in [1.54, 1.807) is 0 Å². The van der Waals surface area contributed by atoms with Crippen molar-refractivity contribution in [2.24, 2.45) is 5.92 Å². The van der Waals surface area contributed by atoms with E-state index in [-0.39, 0.29) is 18.3 Å². The van der Waals surface area contributed by atoms with Gasteiger partial charge in [0.05, 0.1) is 36.1 Å². The van der Waals surface area contributed by atoms with Crippen LogP contribution in [-0.2, 0) is 15.7 Å². The molecule has 1 unspecified atom stereocenters. The van der Waals surface area contributed by atoms with E-state index in [1.165, 1.54) is 23.9 Å². The number of benzene rings is 2. The number of nitrogens with zero attached hydrogens (tertiary/aromatic N) is 2. The summed E-state index contributed by atoms with van der Waals surface area (Å²) in [6.45, 7) is 3.26. The van der Waals surface area contributed by atoms with Crippen molar-refractivity contribution in [1.29, 1.82) is 0 Å². The summed E-state index contributed by atoms with van der Waals surface area (Å²) in [7, 11) is 0. The molecule has 10 heteroatoms. The van der Waals surface area contributed by atoms with Crippen molar-refractivity contribution < 1.29 is 27.8 Å². The standard InChI is InChI=1S/C23H25F3N2O3S.ClH/c24-23(25,26)17-7-8-21-19(14-17)28(18-5-1-2-6-20(18)32-21)11-13-31-12-10-27-9-3-4-16(15-27)22(29)30;/h1-2,5-8,14,16H,3-4,9-13,15H2,(H,29,30);1H. The smallest absolute Gasteiger partial charge is 0.416 e. The summed E-state index contributed by atoms with van der Waals surface area (Å²) in [5.74, 6) is -1.08. The highest BCUT2D eigenvalue weighted by atomic mass is 35.5. The van der Waals surface area contributed by atoms with Gasteiger partial charge in [-0.15, -0.1) is 12.4 Å². The van der Waals surface area contributed by atoms with Gasteiger partial charge in [-0.05, 0) is 49.7 Å². The summed E-state index contributed by atoms with van der Waals surface area (Å²) < 4.78 is 45.7. The average molecular weight is 503 g/mol. The van der Waals surface area contributed by atoms with E-state index in [4.69, 9.17) is 4.74 Å². The van der Waals surface area contributed by atoms with E-state index >= 15 is 0 Å². The number of aliphatic carboxylic acids is 1. The molecule has 2 aromatic rings. The molecule has 2 heterocycles. The number of rotatable bonds is 7. The summed E-state index contributed by atoms with van der Waals surface area (Å²) in [4.78, 5) is 17.0. The summed E-state index contributed by atoms with van der Waals surface area (Å²) in [6, 6.07) is 11.5. The van der Waals surface area contributed by atoms with E-state index in [2.05, 4.69) is 4.90 Å². The maximum absolute atomic E-state index is 13.3. The number of hydrogen-bond donors (Lipinski definition) is 1. The number of fused-ring (bicyclic) bond motifs is 2. The Morgan fingerprint density at radius 1 is 1.09 bits per heavy atom. The van der Waals surface area contributed by atoms with E-state index in [0.29, 0.717) is 45.0 Å². The fraction of sp³-hybridized carbons (Fsp3) is 0.435.